The average molecular weight is 396 g/mol. The Labute approximate surface area is 177 Å². The Morgan fingerprint density at radius 3 is 1.47 bits per heavy atom. The summed E-state index contributed by atoms with van der Waals surface area (Å²) in [6, 6.07) is 21.9. The molecule has 0 N–H and O–H groups in total. The molecule has 0 unspecified atom stereocenters. The van der Waals surface area contributed by atoms with Crippen LogP contribution in [0.2, 0.25) is 0 Å². The van der Waals surface area contributed by atoms with Crippen LogP contribution >= 0.6 is 0 Å². The summed E-state index contributed by atoms with van der Waals surface area (Å²) < 4.78 is 0. The molecule has 0 saturated carbocycles. The summed E-state index contributed by atoms with van der Waals surface area (Å²) in [5, 5.41) is 0. The van der Waals surface area contributed by atoms with E-state index in [-0.39, 0.29) is 0 Å². The number of carbonyl (C=O) groups is 3. The molecule has 3 rings (SSSR count). The Morgan fingerprint density at radius 1 is 0.467 bits per heavy atom. The fourth-order valence-electron chi connectivity index (χ4n) is 2.27. The summed E-state index contributed by atoms with van der Waals surface area (Å²) >= 11 is 0. The van der Waals surface area contributed by atoms with Crippen LogP contribution in [0.25, 0.3) is 18.2 Å². The van der Waals surface area contributed by atoms with Crippen molar-refractivity contribution in [3.05, 3.63) is 126 Å². The van der Waals surface area contributed by atoms with Gasteiger partial charge in [-0.3, -0.25) is 14.4 Å². The van der Waals surface area contributed by atoms with Crippen LogP contribution in [-0.4, -0.2) is 18.9 Å². The van der Waals surface area contributed by atoms with Crippen LogP contribution in [0, 0.1) is 0 Å². The lowest BCUT2D eigenvalue weighted by Crippen LogP contribution is -1.82. The molecular formula is C27H24O3. The summed E-state index contributed by atoms with van der Waals surface area (Å²) in [5.74, 6) is 0. The number of benzene rings is 3. The number of aldehydes is 3. The largest absolute Gasteiger partial charge is 0.298 e. The zero-order valence-electron chi connectivity index (χ0n) is 16.7. The standard InChI is InChI=1S/3C9H8O/c1-2-8-3-5-9(7-10)6-4-8;1-2-8-4-3-5-9(6-8)7-10;1-2-8-5-3-4-6-9(8)7-10/h3*2-7H,1H2. The number of hydrogen-bond acceptors (Lipinski definition) is 3. The van der Waals surface area contributed by atoms with E-state index in [9.17, 15) is 14.4 Å². The first kappa shape index (κ1) is 23.9. The Morgan fingerprint density at radius 2 is 1.00 bits per heavy atom. The van der Waals surface area contributed by atoms with Gasteiger partial charge in [-0.25, -0.2) is 0 Å². The lowest BCUT2D eigenvalue weighted by atomic mass is 10.1. The molecule has 3 aromatic carbocycles. The second-order valence-corrected chi connectivity index (χ2v) is 5.93. The highest BCUT2D eigenvalue weighted by Gasteiger charge is 1.92. The zero-order valence-corrected chi connectivity index (χ0v) is 16.7. The molecule has 0 bridgehead atoms. The summed E-state index contributed by atoms with van der Waals surface area (Å²) in [7, 11) is 0. The van der Waals surface area contributed by atoms with Gasteiger partial charge in [-0.15, -0.1) is 0 Å². The lowest BCUT2D eigenvalue weighted by molar-refractivity contribution is 0.111. The predicted molar refractivity (Wildman–Crippen MR) is 126 cm³/mol. The third-order valence-electron chi connectivity index (χ3n) is 3.93. The van der Waals surface area contributed by atoms with Gasteiger partial charge in [0.2, 0.25) is 0 Å². The maximum Gasteiger partial charge on any atom is 0.150 e. The number of carbonyl (C=O) groups excluding carboxylic acids is 3. The second kappa shape index (κ2) is 14.0. The summed E-state index contributed by atoms with van der Waals surface area (Å²) in [6.45, 7) is 10.8. The van der Waals surface area contributed by atoms with Crippen molar-refractivity contribution in [1.82, 2.24) is 0 Å². The molecule has 0 saturated heterocycles. The Hall–Kier alpha value is -4.11. The topological polar surface area (TPSA) is 51.2 Å². The smallest absolute Gasteiger partial charge is 0.150 e. The molecule has 0 fully saturated rings. The van der Waals surface area contributed by atoms with Gasteiger partial charge < -0.3 is 0 Å². The minimum Gasteiger partial charge on any atom is -0.298 e. The van der Waals surface area contributed by atoms with Gasteiger partial charge in [-0.1, -0.05) is 105 Å². The zero-order chi connectivity index (χ0) is 22.2. The van der Waals surface area contributed by atoms with E-state index in [4.69, 9.17) is 0 Å². The molecule has 150 valence electrons. The maximum absolute atomic E-state index is 10.3. The molecule has 0 spiro atoms. The van der Waals surface area contributed by atoms with Gasteiger partial charge in [0.05, 0.1) is 0 Å². The maximum atomic E-state index is 10.3. The van der Waals surface area contributed by atoms with Crippen LogP contribution in [0.1, 0.15) is 47.8 Å². The van der Waals surface area contributed by atoms with E-state index in [0.29, 0.717) is 16.7 Å². The minimum atomic E-state index is 0.692. The lowest BCUT2D eigenvalue weighted by Gasteiger charge is -1.94. The molecule has 0 radical (unpaired) electrons. The predicted octanol–water partition coefficient (Wildman–Crippen LogP) is 6.43. The van der Waals surface area contributed by atoms with E-state index in [2.05, 4.69) is 19.7 Å². The van der Waals surface area contributed by atoms with Crippen LogP contribution in [0.5, 0.6) is 0 Å². The fourth-order valence-corrected chi connectivity index (χ4v) is 2.27. The summed E-state index contributed by atoms with van der Waals surface area (Å²) in [5.41, 5.74) is 4.98. The van der Waals surface area contributed by atoms with Crippen molar-refractivity contribution >= 4 is 37.1 Å². The molecule has 30 heavy (non-hydrogen) atoms. The highest BCUT2D eigenvalue weighted by atomic mass is 16.1. The second-order valence-electron chi connectivity index (χ2n) is 5.93. The normalized spacial score (nSPS) is 8.80. The van der Waals surface area contributed by atoms with Crippen LogP contribution in [-0.2, 0) is 0 Å². The number of rotatable bonds is 6. The molecule has 0 aliphatic heterocycles. The van der Waals surface area contributed by atoms with Crippen LogP contribution in [0.3, 0.4) is 0 Å². The van der Waals surface area contributed by atoms with Crippen LogP contribution < -0.4 is 0 Å². The van der Waals surface area contributed by atoms with Crippen molar-refractivity contribution in [2.45, 2.75) is 0 Å². The van der Waals surface area contributed by atoms with Gasteiger partial charge in [-0.05, 0) is 22.8 Å². The Balaban J connectivity index is 0.000000225. The van der Waals surface area contributed by atoms with E-state index in [1.807, 2.05) is 42.5 Å². The molecule has 3 heteroatoms. The Kier molecular flexibility index (Phi) is 11.1. The first-order valence-electron chi connectivity index (χ1n) is 9.13. The SMILES string of the molecule is C=Cc1ccc(C=O)cc1.C=Cc1cccc(C=O)c1.C=Cc1ccccc1C=O. The van der Waals surface area contributed by atoms with Gasteiger partial charge in [0.1, 0.15) is 12.6 Å². The van der Waals surface area contributed by atoms with E-state index in [1.165, 1.54) is 0 Å². The summed E-state index contributed by atoms with van der Waals surface area (Å²) in [4.78, 5) is 30.8. The number of hydrogen-bond donors (Lipinski definition) is 0. The van der Waals surface area contributed by atoms with E-state index in [1.54, 1.807) is 48.6 Å². The highest BCUT2D eigenvalue weighted by molar-refractivity contribution is 5.81. The van der Waals surface area contributed by atoms with Gasteiger partial charge in [0.15, 0.2) is 6.29 Å². The van der Waals surface area contributed by atoms with Crippen molar-refractivity contribution in [1.29, 1.82) is 0 Å². The van der Waals surface area contributed by atoms with Crippen LogP contribution in [0.4, 0.5) is 0 Å². The average Bonchev–Trinajstić information content (AvgIpc) is 2.84. The third kappa shape index (κ3) is 8.28. The molecule has 3 aromatic rings. The van der Waals surface area contributed by atoms with Crippen molar-refractivity contribution in [3.63, 3.8) is 0 Å². The summed E-state index contributed by atoms with van der Waals surface area (Å²) in [6.07, 6.45) is 7.61. The van der Waals surface area contributed by atoms with E-state index >= 15 is 0 Å². The monoisotopic (exact) mass is 396 g/mol. The van der Waals surface area contributed by atoms with Crippen molar-refractivity contribution in [2.24, 2.45) is 0 Å². The third-order valence-corrected chi connectivity index (χ3v) is 3.93. The van der Waals surface area contributed by atoms with Crippen molar-refractivity contribution in [3.8, 4) is 0 Å². The molecule has 0 heterocycles. The molecular weight excluding hydrogens is 372 g/mol. The first-order chi connectivity index (χ1) is 14.6. The van der Waals surface area contributed by atoms with Crippen molar-refractivity contribution in [2.75, 3.05) is 0 Å². The quantitative estimate of drug-likeness (QED) is 0.451. The van der Waals surface area contributed by atoms with Crippen molar-refractivity contribution < 1.29 is 14.4 Å². The van der Waals surface area contributed by atoms with Gasteiger partial charge in [-0.2, -0.15) is 0 Å². The fraction of sp³-hybridized carbons (Fsp3) is 0. The molecule has 3 nitrogen and oxygen atoms in total. The molecule has 0 aliphatic rings. The van der Waals surface area contributed by atoms with Gasteiger partial charge in [0, 0.05) is 16.7 Å². The molecule has 0 aromatic heterocycles. The van der Waals surface area contributed by atoms with E-state index in [0.717, 1.165) is 35.5 Å². The molecule has 0 aliphatic carbocycles. The van der Waals surface area contributed by atoms with Gasteiger partial charge >= 0.3 is 0 Å². The highest BCUT2D eigenvalue weighted by Crippen LogP contribution is 2.06. The van der Waals surface area contributed by atoms with E-state index < -0.39 is 0 Å². The minimum absolute atomic E-state index is 0.692. The molecule has 0 atom stereocenters. The van der Waals surface area contributed by atoms with Gasteiger partial charge in [0.25, 0.3) is 0 Å². The molecule has 0 amide bonds. The Bertz CT molecular complexity index is 921. The van der Waals surface area contributed by atoms with Crippen LogP contribution in [0.15, 0.2) is 92.5 Å². The first-order valence-corrected chi connectivity index (χ1v) is 9.13.